The first-order valence-electron chi connectivity index (χ1n) is 3.47. The summed E-state index contributed by atoms with van der Waals surface area (Å²) in [7, 11) is 0. The van der Waals surface area contributed by atoms with Crippen LogP contribution in [0.25, 0.3) is 0 Å². The van der Waals surface area contributed by atoms with Crippen molar-refractivity contribution in [1.29, 1.82) is 0 Å². The van der Waals surface area contributed by atoms with Gasteiger partial charge in [0.05, 0.1) is 5.60 Å². The molecule has 0 fully saturated rings. The largest absolute Gasteiger partial charge is 0.390 e. The van der Waals surface area contributed by atoms with Crippen molar-refractivity contribution in [3.05, 3.63) is 5.82 Å². The molecule has 1 aromatic rings. The van der Waals surface area contributed by atoms with Crippen LogP contribution in [0.5, 0.6) is 0 Å². The fourth-order valence-corrected chi connectivity index (χ4v) is 0.669. The van der Waals surface area contributed by atoms with Crippen LogP contribution >= 0.6 is 0 Å². The smallest absolute Gasteiger partial charge is 0.180 e. The number of hydrogen-bond donors (Lipinski definition) is 2. The zero-order chi connectivity index (χ0) is 8.48. The third kappa shape index (κ3) is 1.74. The van der Waals surface area contributed by atoms with E-state index in [2.05, 4.69) is 20.6 Å². The Morgan fingerprint density at radius 2 is 2.18 bits per heavy atom. The summed E-state index contributed by atoms with van der Waals surface area (Å²) in [6, 6.07) is 0. The highest BCUT2D eigenvalue weighted by Crippen LogP contribution is 2.23. The van der Waals surface area contributed by atoms with Gasteiger partial charge in [0.1, 0.15) is 0 Å². The molecule has 62 valence electrons. The van der Waals surface area contributed by atoms with Crippen molar-refractivity contribution in [2.75, 3.05) is 0 Å². The van der Waals surface area contributed by atoms with E-state index in [0.29, 0.717) is 5.82 Å². The lowest BCUT2D eigenvalue weighted by Gasteiger charge is -2.22. The SMILES string of the molecule is CC(c1nn[nH]n1)C(C)(C)O. The zero-order valence-electron chi connectivity index (χ0n) is 6.87. The van der Waals surface area contributed by atoms with Crippen LogP contribution in [-0.4, -0.2) is 31.3 Å². The number of H-pyrrole nitrogens is 1. The van der Waals surface area contributed by atoms with Crippen molar-refractivity contribution >= 4 is 0 Å². The summed E-state index contributed by atoms with van der Waals surface area (Å²) in [5.41, 5.74) is -0.802. The first kappa shape index (κ1) is 8.13. The molecule has 1 rings (SSSR count). The van der Waals surface area contributed by atoms with Crippen LogP contribution in [0.2, 0.25) is 0 Å². The van der Waals surface area contributed by atoms with Crippen molar-refractivity contribution in [3.8, 4) is 0 Å². The number of hydrogen-bond acceptors (Lipinski definition) is 4. The summed E-state index contributed by atoms with van der Waals surface area (Å²) < 4.78 is 0. The molecule has 0 amide bonds. The van der Waals surface area contributed by atoms with E-state index in [1.165, 1.54) is 0 Å². The molecule has 0 aromatic carbocycles. The van der Waals surface area contributed by atoms with Crippen molar-refractivity contribution in [1.82, 2.24) is 20.6 Å². The van der Waals surface area contributed by atoms with Crippen LogP contribution in [0.4, 0.5) is 0 Å². The lowest BCUT2D eigenvalue weighted by Crippen LogP contribution is -2.27. The van der Waals surface area contributed by atoms with E-state index < -0.39 is 5.60 Å². The Morgan fingerprint density at radius 3 is 2.55 bits per heavy atom. The predicted molar refractivity (Wildman–Crippen MR) is 38.9 cm³/mol. The van der Waals surface area contributed by atoms with Gasteiger partial charge in [0.25, 0.3) is 0 Å². The molecule has 0 saturated heterocycles. The van der Waals surface area contributed by atoms with Crippen LogP contribution in [-0.2, 0) is 0 Å². The van der Waals surface area contributed by atoms with Crippen LogP contribution in [0.15, 0.2) is 0 Å². The summed E-state index contributed by atoms with van der Waals surface area (Å²) in [6.07, 6.45) is 0. The van der Waals surface area contributed by atoms with E-state index in [0.717, 1.165) is 0 Å². The topological polar surface area (TPSA) is 74.7 Å². The van der Waals surface area contributed by atoms with E-state index in [-0.39, 0.29) is 5.92 Å². The molecular weight excluding hydrogens is 144 g/mol. The van der Waals surface area contributed by atoms with Crippen LogP contribution in [0, 0.1) is 0 Å². The van der Waals surface area contributed by atoms with Crippen molar-refractivity contribution in [2.45, 2.75) is 32.3 Å². The van der Waals surface area contributed by atoms with Gasteiger partial charge in [0.2, 0.25) is 0 Å². The molecule has 1 heterocycles. The average Bonchev–Trinajstić information content (AvgIpc) is 2.34. The van der Waals surface area contributed by atoms with E-state index in [4.69, 9.17) is 0 Å². The molecule has 0 aliphatic heterocycles. The molecule has 0 aliphatic carbocycles. The maximum Gasteiger partial charge on any atom is 0.180 e. The molecule has 5 heteroatoms. The van der Waals surface area contributed by atoms with Gasteiger partial charge >= 0.3 is 0 Å². The Morgan fingerprint density at radius 1 is 1.55 bits per heavy atom. The number of nitrogens with zero attached hydrogens (tertiary/aromatic N) is 3. The molecule has 0 saturated carbocycles. The van der Waals surface area contributed by atoms with Crippen molar-refractivity contribution < 1.29 is 5.11 Å². The van der Waals surface area contributed by atoms with Gasteiger partial charge in [-0.25, -0.2) is 0 Å². The van der Waals surface area contributed by atoms with Gasteiger partial charge in [-0.1, -0.05) is 12.1 Å². The summed E-state index contributed by atoms with van der Waals surface area (Å²) in [6.45, 7) is 5.28. The molecule has 2 N–H and O–H groups in total. The molecule has 0 aliphatic rings. The van der Waals surface area contributed by atoms with Crippen molar-refractivity contribution in [3.63, 3.8) is 0 Å². The van der Waals surface area contributed by atoms with E-state index in [1.54, 1.807) is 13.8 Å². The molecule has 0 spiro atoms. The number of aromatic amines is 1. The quantitative estimate of drug-likeness (QED) is 0.635. The first-order chi connectivity index (χ1) is 5.02. The summed E-state index contributed by atoms with van der Waals surface area (Å²) >= 11 is 0. The second kappa shape index (κ2) is 2.58. The minimum absolute atomic E-state index is 0.110. The highest BCUT2D eigenvalue weighted by Gasteiger charge is 2.26. The molecule has 1 unspecified atom stereocenters. The molecule has 5 nitrogen and oxygen atoms in total. The van der Waals surface area contributed by atoms with E-state index >= 15 is 0 Å². The Hall–Kier alpha value is -0.970. The molecule has 0 radical (unpaired) electrons. The zero-order valence-corrected chi connectivity index (χ0v) is 6.87. The summed E-state index contributed by atoms with van der Waals surface area (Å²) in [5, 5.41) is 22.8. The van der Waals surface area contributed by atoms with Gasteiger partial charge in [-0.05, 0) is 13.8 Å². The van der Waals surface area contributed by atoms with E-state index in [1.807, 2.05) is 6.92 Å². The maximum absolute atomic E-state index is 9.54. The van der Waals surface area contributed by atoms with Gasteiger partial charge in [-0.3, -0.25) is 0 Å². The Balaban J connectivity index is 2.78. The number of nitrogens with one attached hydrogen (secondary N) is 1. The van der Waals surface area contributed by atoms with Gasteiger partial charge in [-0.15, -0.1) is 10.2 Å². The molecule has 11 heavy (non-hydrogen) atoms. The third-order valence-electron chi connectivity index (χ3n) is 1.81. The predicted octanol–water partition coefficient (Wildman–Crippen LogP) is 0.0741. The number of tetrazole rings is 1. The van der Waals surface area contributed by atoms with Crippen LogP contribution in [0.1, 0.15) is 32.5 Å². The Labute approximate surface area is 64.8 Å². The fraction of sp³-hybridized carbons (Fsp3) is 0.833. The third-order valence-corrected chi connectivity index (χ3v) is 1.81. The summed E-state index contributed by atoms with van der Waals surface area (Å²) in [5.74, 6) is 0.429. The average molecular weight is 156 g/mol. The molecule has 1 atom stereocenters. The standard InChI is InChI=1S/C6H12N4O/c1-4(6(2,3)11)5-7-9-10-8-5/h4,11H,1-3H3,(H,7,8,9,10). The van der Waals surface area contributed by atoms with Gasteiger partial charge in [-0.2, -0.15) is 5.21 Å². The second-order valence-corrected chi connectivity index (χ2v) is 3.15. The highest BCUT2D eigenvalue weighted by molar-refractivity contribution is 4.96. The van der Waals surface area contributed by atoms with Gasteiger partial charge in [0.15, 0.2) is 5.82 Å². The van der Waals surface area contributed by atoms with Crippen molar-refractivity contribution in [2.24, 2.45) is 0 Å². The fourth-order valence-electron chi connectivity index (χ4n) is 0.669. The molecule has 1 aromatic heterocycles. The number of aliphatic hydroxyl groups is 1. The maximum atomic E-state index is 9.54. The Kier molecular flexibility index (Phi) is 1.90. The molecular formula is C6H12N4O. The minimum Gasteiger partial charge on any atom is -0.390 e. The number of rotatable bonds is 2. The van der Waals surface area contributed by atoms with E-state index in [9.17, 15) is 5.11 Å². The first-order valence-corrected chi connectivity index (χ1v) is 3.47. The van der Waals surface area contributed by atoms with Gasteiger partial charge in [0, 0.05) is 5.92 Å². The van der Waals surface area contributed by atoms with Crippen LogP contribution < -0.4 is 0 Å². The minimum atomic E-state index is -0.802. The Bertz CT molecular complexity index is 213. The number of aromatic nitrogens is 4. The monoisotopic (exact) mass is 156 g/mol. The lowest BCUT2D eigenvalue weighted by atomic mass is 9.92. The summed E-state index contributed by atoms with van der Waals surface area (Å²) in [4.78, 5) is 0. The highest BCUT2D eigenvalue weighted by atomic mass is 16.3. The second-order valence-electron chi connectivity index (χ2n) is 3.15. The normalized spacial score (nSPS) is 14.9. The lowest BCUT2D eigenvalue weighted by molar-refractivity contribution is 0.0530. The van der Waals surface area contributed by atoms with Crippen LogP contribution in [0.3, 0.4) is 0 Å². The van der Waals surface area contributed by atoms with Gasteiger partial charge < -0.3 is 5.11 Å². The molecule has 0 bridgehead atoms.